The van der Waals surface area contributed by atoms with Crippen LogP contribution in [0.5, 0.6) is 5.75 Å². The van der Waals surface area contributed by atoms with E-state index in [1.54, 1.807) is 19.2 Å². The van der Waals surface area contributed by atoms with Crippen molar-refractivity contribution in [3.8, 4) is 5.75 Å². The number of hydrogen-bond donors (Lipinski definition) is 1. The predicted molar refractivity (Wildman–Crippen MR) is 70.6 cm³/mol. The fraction of sp³-hybridized carbons (Fsp3) is 0.571. The molecule has 0 aliphatic rings. The Bertz CT molecular complexity index is 410. The molecule has 0 amide bonds. The number of methoxy groups -OCH3 is 1. The van der Waals surface area contributed by atoms with Crippen LogP contribution in [0.4, 0.5) is 13.2 Å². The Morgan fingerprint density at radius 2 is 2.00 bits per heavy atom. The molecule has 1 aromatic carbocycles. The van der Waals surface area contributed by atoms with E-state index >= 15 is 0 Å². The predicted octanol–water partition coefficient (Wildman–Crippen LogP) is 3.66. The average molecular weight is 291 g/mol. The first-order valence-corrected chi connectivity index (χ1v) is 6.47. The Kier molecular flexibility index (Phi) is 6.29. The molecule has 0 saturated heterocycles. The molecular weight excluding hydrogens is 271 g/mol. The molecule has 0 aromatic heterocycles. The lowest BCUT2D eigenvalue weighted by Gasteiger charge is -2.22. The first-order chi connectivity index (χ1) is 9.35. The van der Waals surface area contributed by atoms with Gasteiger partial charge in [-0.2, -0.15) is 0 Å². The molecule has 1 rings (SSSR count). The van der Waals surface area contributed by atoms with Crippen molar-refractivity contribution in [2.24, 2.45) is 0 Å². The third-order valence-corrected chi connectivity index (χ3v) is 2.91. The number of benzene rings is 1. The summed E-state index contributed by atoms with van der Waals surface area (Å²) < 4.78 is 45.8. The Labute approximate surface area is 117 Å². The van der Waals surface area contributed by atoms with Crippen molar-refractivity contribution >= 4 is 0 Å². The number of nitrogens with one attached hydrogen (secondary N) is 1. The molecule has 1 N–H and O–H groups in total. The zero-order valence-electron chi connectivity index (χ0n) is 11.8. The van der Waals surface area contributed by atoms with Crippen LogP contribution in [-0.2, 0) is 4.74 Å². The van der Waals surface area contributed by atoms with Gasteiger partial charge in [0, 0.05) is 13.2 Å². The number of rotatable bonds is 7. The molecule has 114 valence electrons. The van der Waals surface area contributed by atoms with Crippen molar-refractivity contribution in [1.82, 2.24) is 5.32 Å². The highest BCUT2D eigenvalue weighted by Crippen LogP contribution is 2.27. The summed E-state index contributed by atoms with van der Waals surface area (Å²) in [4.78, 5) is 0. The second-order valence-corrected chi connectivity index (χ2v) is 4.51. The molecule has 6 heteroatoms. The third-order valence-electron chi connectivity index (χ3n) is 2.91. The summed E-state index contributed by atoms with van der Waals surface area (Å²) in [5.74, 6) is -0.206. The zero-order chi connectivity index (χ0) is 15.2. The first kappa shape index (κ1) is 16.8. The van der Waals surface area contributed by atoms with Gasteiger partial charge in [-0.1, -0.05) is 19.1 Å². The number of hydrogen-bond acceptors (Lipinski definition) is 3. The van der Waals surface area contributed by atoms with Gasteiger partial charge in [-0.3, -0.25) is 0 Å². The van der Waals surface area contributed by atoms with Crippen LogP contribution in [0.1, 0.15) is 31.9 Å². The first-order valence-electron chi connectivity index (χ1n) is 6.47. The zero-order valence-corrected chi connectivity index (χ0v) is 11.8. The van der Waals surface area contributed by atoms with Gasteiger partial charge in [0.25, 0.3) is 0 Å². The van der Waals surface area contributed by atoms with E-state index in [-0.39, 0.29) is 17.9 Å². The van der Waals surface area contributed by atoms with E-state index < -0.39 is 6.36 Å². The van der Waals surface area contributed by atoms with Gasteiger partial charge in [0.2, 0.25) is 0 Å². The normalized spacial score (nSPS) is 14.9. The molecule has 0 bridgehead atoms. The Morgan fingerprint density at radius 1 is 1.30 bits per heavy atom. The van der Waals surface area contributed by atoms with E-state index in [2.05, 4.69) is 10.1 Å². The molecule has 1 aromatic rings. The summed E-state index contributed by atoms with van der Waals surface area (Å²) in [7, 11) is 1.61. The van der Waals surface area contributed by atoms with Crippen LogP contribution in [0.15, 0.2) is 24.3 Å². The lowest BCUT2D eigenvalue weighted by molar-refractivity contribution is -0.274. The highest BCUT2D eigenvalue weighted by Gasteiger charge is 2.31. The van der Waals surface area contributed by atoms with Gasteiger partial charge in [0.15, 0.2) is 0 Å². The summed E-state index contributed by atoms with van der Waals surface area (Å²) in [6, 6.07) is 5.95. The van der Waals surface area contributed by atoms with Gasteiger partial charge < -0.3 is 14.8 Å². The quantitative estimate of drug-likeness (QED) is 0.831. The third kappa shape index (κ3) is 5.79. The second kappa shape index (κ2) is 7.50. The van der Waals surface area contributed by atoms with Gasteiger partial charge >= 0.3 is 6.36 Å². The van der Waals surface area contributed by atoms with Crippen molar-refractivity contribution in [1.29, 1.82) is 0 Å². The van der Waals surface area contributed by atoms with E-state index in [0.717, 1.165) is 5.56 Å². The van der Waals surface area contributed by atoms with Crippen LogP contribution < -0.4 is 10.1 Å². The Morgan fingerprint density at radius 3 is 2.55 bits per heavy atom. The van der Waals surface area contributed by atoms with Crippen molar-refractivity contribution in [2.45, 2.75) is 38.8 Å². The van der Waals surface area contributed by atoms with Crippen molar-refractivity contribution in [2.75, 3.05) is 13.7 Å². The number of ether oxygens (including phenoxy) is 2. The maximum absolute atomic E-state index is 12.2. The monoisotopic (exact) mass is 291 g/mol. The van der Waals surface area contributed by atoms with E-state index in [9.17, 15) is 13.2 Å². The molecule has 0 radical (unpaired) electrons. The van der Waals surface area contributed by atoms with Gasteiger partial charge in [-0.15, -0.1) is 13.2 Å². The minimum Gasteiger partial charge on any atom is -0.406 e. The molecule has 20 heavy (non-hydrogen) atoms. The minimum atomic E-state index is -4.67. The SMILES string of the molecule is CCNC(CC(C)OC)c1cccc(OC(F)(F)F)c1. The lowest BCUT2D eigenvalue weighted by Crippen LogP contribution is -2.25. The Hall–Kier alpha value is -1.27. The largest absolute Gasteiger partial charge is 0.573 e. The molecule has 3 nitrogen and oxygen atoms in total. The minimum absolute atomic E-state index is 0.00578. The summed E-state index contributed by atoms with van der Waals surface area (Å²) in [6.07, 6.45) is -4.00. The number of halogens is 3. The maximum Gasteiger partial charge on any atom is 0.573 e. The van der Waals surface area contributed by atoms with Crippen LogP contribution in [0, 0.1) is 0 Å². The van der Waals surface area contributed by atoms with Crippen LogP contribution in [0.3, 0.4) is 0 Å². The number of alkyl halides is 3. The Balaban J connectivity index is 2.87. The summed E-state index contributed by atoms with van der Waals surface area (Å²) in [5.41, 5.74) is 0.748. The van der Waals surface area contributed by atoms with E-state index in [0.29, 0.717) is 13.0 Å². The summed E-state index contributed by atoms with van der Waals surface area (Å²) in [5, 5.41) is 3.24. The van der Waals surface area contributed by atoms with Crippen LogP contribution >= 0.6 is 0 Å². The van der Waals surface area contributed by atoms with Crippen molar-refractivity contribution < 1.29 is 22.6 Å². The van der Waals surface area contributed by atoms with Gasteiger partial charge in [-0.25, -0.2) is 0 Å². The molecule has 0 fully saturated rings. The summed E-state index contributed by atoms with van der Waals surface area (Å²) in [6.45, 7) is 4.58. The fourth-order valence-electron chi connectivity index (χ4n) is 1.94. The van der Waals surface area contributed by atoms with Gasteiger partial charge in [-0.05, 0) is 37.6 Å². The standard InChI is InChI=1S/C14H20F3NO2/c1-4-18-13(8-10(2)19-3)11-6-5-7-12(9-11)20-14(15,16)17/h5-7,9-10,13,18H,4,8H2,1-3H3. The smallest absolute Gasteiger partial charge is 0.406 e. The fourth-order valence-corrected chi connectivity index (χ4v) is 1.94. The molecule has 2 unspecified atom stereocenters. The van der Waals surface area contributed by atoms with Crippen LogP contribution in [0.2, 0.25) is 0 Å². The maximum atomic E-state index is 12.2. The summed E-state index contributed by atoms with van der Waals surface area (Å²) >= 11 is 0. The van der Waals surface area contributed by atoms with Crippen molar-refractivity contribution in [3.05, 3.63) is 29.8 Å². The highest BCUT2D eigenvalue weighted by molar-refractivity contribution is 5.30. The molecular formula is C14H20F3NO2. The molecule has 0 aliphatic carbocycles. The van der Waals surface area contributed by atoms with E-state index in [1.165, 1.54) is 12.1 Å². The van der Waals surface area contributed by atoms with Crippen LogP contribution in [-0.4, -0.2) is 26.1 Å². The van der Waals surface area contributed by atoms with Gasteiger partial charge in [0.1, 0.15) is 5.75 Å². The van der Waals surface area contributed by atoms with Crippen molar-refractivity contribution in [3.63, 3.8) is 0 Å². The lowest BCUT2D eigenvalue weighted by atomic mass is 10.0. The molecule has 0 heterocycles. The molecule has 0 aliphatic heterocycles. The second-order valence-electron chi connectivity index (χ2n) is 4.51. The topological polar surface area (TPSA) is 30.5 Å². The molecule has 0 spiro atoms. The highest BCUT2D eigenvalue weighted by atomic mass is 19.4. The molecule has 0 saturated carbocycles. The van der Waals surface area contributed by atoms with E-state index in [1.807, 2.05) is 13.8 Å². The van der Waals surface area contributed by atoms with Gasteiger partial charge in [0.05, 0.1) is 6.10 Å². The van der Waals surface area contributed by atoms with E-state index in [4.69, 9.17) is 4.74 Å². The molecule has 2 atom stereocenters. The van der Waals surface area contributed by atoms with Crippen LogP contribution in [0.25, 0.3) is 0 Å². The average Bonchev–Trinajstić information content (AvgIpc) is 2.36.